The summed E-state index contributed by atoms with van der Waals surface area (Å²) in [5.74, 6) is -0.418. The van der Waals surface area contributed by atoms with Gasteiger partial charge in [-0.1, -0.05) is 26.0 Å². The lowest BCUT2D eigenvalue weighted by Crippen LogP contribution is -2.35. The third-order valence-corrected chi connectivity index (χ3v) is 5.10. The summed E-state index contributed by atoms with van der Waals surface area (Å²) in [6, 6.07) is 10.3. The predicted molar refractivity (Wildman–Crippen MR) is 116 cm³/mol. The van der Waals surface area contributed by atoms with Gasteiger partial charge in [-0.05, 0) is 37.4 Å². The minimum Gasteiger partial charge on any atom is -0.355 e. The van der Waals surface area contributed by atoms with Crippen LogP contribution < -0.4 is 15.5 Å². The first-order valence-electron chi connectivity index (χ1n) is 10.2. The van der Waals surface area contributed by atoms with Gasteiger partial charge in [0.2, 0.25) is 11.8 Å². The monoisotopic (exact) mass is 409 g/mol. The average molecular weight is 409 g/mol. The summed E-state index contributed by atoms with van der Waals surface area (Å²) in [4.78, 5) is 45.9. The van der Waals surface area contributed by atoms with Crippen LogP contribution in [0.5, 0.6) is 0 Å². The van der Waals surface area contributed by atoms with Crippen molar-refractivity contribution in [2.75, 3.05) is 36.4 Å². The molecule has 3 amide bonds. The van der Waals surface area contributed by atoms with Gasteiger partial charge in [0.25, 0.3) is 5.91 Å². The molecule has 2 heterocycles. The van der Waals surface area contributed by atoms with E-state index in [9.17, 15) is 14.4 Å². The fraction of sp³-hybridized carbons (Fsp3) is 0.364. The first kappa shape index (κ1) is 21.4. The van der Waals surface area contributed by atoms with Gasteiger partial charge in [0.15, 0.2) is 5.82 Å². The molecule has 0 fully saturated rings. The lowest BCUT2D eigenvalue weighted by atomic mass is 10.1. The van der Waals surface area contributed by atoms with Crippen LogP contribution in [0.15, 0.2) is 42.6 Å². The Morgan fingerprint density at radius 2 is 1.87 bits per heavy atom. The van der Waals surface area contributed by atoms with E-state index in [1.165, 1.54) is 4.90 Å². The topological polar surface area (TPSA) is 94.6 Å². The van der Waals surface area contributed by atoms with Gasteiger partial charge in [-0.25, -0.2) is 4.98 Å². The molecule has 8 nitrogen and oxygen atoms in total. The van der Waals surface area contributed by atoms with E-state index in [1.54, 1.807) is 42.6 Å². The number of rotatable bonds is 8. The molecule has 0 saturated carbocycles. The predicted octanol–water partition coefficient (Wildman–Crippen LogP) is 2.55. The Morgan fingerprint density at radius 1 is 1.10 bits per heavy atom. The number of carbonyl (C=O) groups excluding carboxylic acids is 3. The van der Waals surface area contributed by atoms with Crippen LogP contribution >= 0.6 is 0 Å². The molecule has 0 unspecified atom stereocenters. The molecule has 2 aromatic rings. The van der Waals surface area contributed by atoms with E-state index in [0.717, 1.165) is 19.6 Å². The van der Waals surface area contributed by atoms with E-state index < -0.39 is 0 Å². The van der Waals surface area contributed by atoms with Crippen molar-refractivity contribution in [2.24, 2.45) is 0 Å². The summed E-state index contributed by atoms with van der Waals surface area (Å²) in [7, 11) is 0. The molecular weight excluding hydrogens is 382 g/mol. The van der Waals surface area contributed by atoms with Crippen LogP contribution in [-0.2, 0) is 9.59 Å². The van der Waals surface area contributed by atoms with Crippen LogP contribution in [-0.4, -0.2) is 53.8 Å². The highest BCUT2D eigenvalue weighted by atomic mass is 16.2. The highest BCUT2D eigenvalue weighted by Crippen LogP contribution is 2.36. The summed E-state index contributed by atoms with van der Waals surface area (Å²) in [6.45, 7) is 7.33. The second-order valence-corrected chi connectivity index (χ2v) is 6.95. The molecule has 1 aliphatic heterocycles. The Balaban J connectivity index is 1.72. The molecule has 3 rings (SSSR count). The molecule has 8 heteroatoms. The smallest absolute Gasteiger partial charge is 0.257 e. The molecule has 30 heavy (non-hydrogen) atoms. The van der Waals surface area contributed by atoms with E-state index >= 15 is 0 Å². The number of nitrogens with zero attached hydrogens (tertiary/aromatic N) is 3. The number of anilines is 3. The summed E-state index contributed by atoms with van der Waals surface area (Å²) < 4.78 is 0. The number of likely N-dealkylation sites (N-methyl/N-ethyl adjacent to an activating group) is 1. The largest absolute Gasteiger partial charge is 0.355 e. The standard InChI is InChI=1S/C22H27N5O3/c1-3-26(4-2)15-14-23-19(28)11-12-20(29)27-18-10-6-5-8-16(18)22(30)25-17-9-7-13-24-21(17)27/h5-10,13H,3-4,11-12,14-15H2,1-2H3,(H,23,28)(H,25,30). The van der Waals surface area contributed by atoms with Crippen LogP contribution in [0.1, 0.15) is 37.0 Å². The van der Waals surface area contributed by atoms with Gasteiger partial charge < -0.3 is 15.5 Å². The highest BCUT2D eigenvalue weighted by molar-refractivity contribution is 6.17. The Hall–Kier alpha value is -3.26. The third kappa shape index (κ3) is 4.83. The molecule has 1 aliphatic rings. The van der Waals surface area contributed by atoms with Gasteiger partial charge in [0.05, 0.1) is 16.9 Å². The zero-order valence-electron chi connectivity index (χ0n) is 17.4. The summed E-state index contributed by atoms with van der Waals surface area (Å²) in [5.41, 5.74) is 1.29. The van der Waals surface area contributed by atoms with Crippen LogP contribution in [0.25, 0.3) is 0 Å². The molecule has 1 aromatic carbocycles. The van der Waals surface area contributed by atoms with Gasteiger partial charge in [-0.2, -0.15) is 0 Å². The van der Waals surface area contributed by atoms with Gasteiger partial charge in [-0.3, -0.25) is 19.3 Å². The number of hydrogen-bond donors (Lipinski definition) is 2. The molecule has 0 bridgehead atoms. The molecule has 0 aliphatic carbocycles. The van der Waals surface area contributed by atoms with Crippen LogP contribution in [0.2, 0.25) is 0 Å². The quantitative estimate of drug-likeness (QED) is 0.699. The van der Waals surface area contributed by atoms with E-state index in [1.807, 2.05) is 0 Å². The second-order valence-electron chi connectivity index (χ2n) is 6.95. The number of hydrogen-bond acceptors (Lipinski definition) is 5. The van der Waals surface area contributed by atoms with E-state index in [-0.39, 0.29) is 30.6 Å². The molecule has 0 saturated heterocycles. The van der Waals surface area contributed by atoms with Gasteiger partial charge >= 0.3 is 0 Å². The van der Waals surface area contributed by atoms with Crippen molar-refractivity contribution in [3.63, 3.8) is 0 Å². The maximum Gasteiger partial charge on any atom is 0.257 e. The van der Waals surface area contributed by atoms with Gasteiger partial charge in [-0.15, -0.1) is 0 Å². The number of benzene rings is 1. The normalized spacial score (nSPS) is 12.6. The fourth-order valence-corrected chi connectivity index (χ4v) is 3.40. The SMILES string of the molecule is CCN(CC)CCNC(=O)CCC(=O)N1c2ccccc2C(=O)Nc2cccnc21. The summed E-state index contributed by atoms with van der Waals surface area (Å²) >= 11 is 0. The number of aromatic nitrogens is 1. The van der Waals surface area contributed by atoms with E-state index in [2.05, 4.69) is 34.4 Å². The minimum atomic E-state index is -0.302. The average Bonchev–Trinajstić information content (AvgIpc) is 2.89. The van der Waals surface area contributed by atoms with E-state index in [4.69, 9.17) is 0 Å². The van der Waals surface area contributed by atoms with E-state index in [0.29, 0.717) is 29.3 Å². The number of amides is 3. The summed E-state index contributed by atoms with van der Waals surface area (Å²) in [6.07, 6.45) is 1.65. The Kier molecular flexibility index (Phi) is 7.13. The van der Waals surface area contributed by atoms with Crippen molar-refractivity contribution in [2.45, 2.75) is 26.7 Å². The number of fused-ring (bicyclic) bond motifs is 2. The second kappa shape index (κ2) is 9.98. The third-order valence-electron chi connectivity index (χ3n) is 5.10. The number of para-hydroxylation sites is 1. The maximum absolute atomic E-state index is 13.1. The van der Waals surface area contributed by atoms with Gasteiger partial charge in [0, 0.05) is 32.1 Å². The van der Waals surface area contributed by atoms with Crippen LogP contribution in [0.4, 0.5) is 17.2 Å². The van der Waals surface area contributed by atoms with Crippen LogP contribution in [0.3, 0.4) is 0 Å². The molecule has 1 aromatic heterocycles. The Labute approximate surface area is 176 Å². The molecular formula is C22H27N5O3. The Bertz CT molecular complexity index is 926. The summed E-state index contributed by atoms with van der Waals surface area (Å²) in [5, 5.41) is 5.66. The van der Waals surface area contributed by atoms with Crippen molar-refractivity contribution in [3.8, 4) is 0 Å². The zero-order valence-corrected chi connectivity index (χ0v) is 17.4. The number of carbonyl (C=O) groups is 3. The van der Waals surface area contributed by atoms with Crippen molar-refractivity contribution in [1.29, 1.82) is 0 Å². The fourth-order valence-electron chi connectivity index (χ4n) is 3.40. The molecule has 2 N–H and O–H groups in total. The van der Waals surface area contributed by atoms with Crippen molar-refractivity contribution < 1.29 is 14.4 Å². The maximum atomic E-state index is 13.1. The molecule has 158 valence electrons. The van der Waals surface area contributed by atoms with Crippen molar-refractivity contribution in [1.82, 2.24) is 15.2 Å². The lowest BCUT2D eigenvalue weighted by molar-refractivity contribution is -0.125. The Morgan fingerprint density at radius 3 is 2.63 bits per heavy atom. The molecule has 0 radical (unpaired) electrons. The van der Waals surface area contributed by atoms with Crippen LogP contribution in [0, 0.1) is 0 Å². The first-order valence-corrected chi connectivity index (χ1v) is 10.2. The highest BCUT2D eigenvalue weighted by Gasteiger charge is 2.30. The lowest BCUT2D eigenvalue weighted by Gasteiger charge is -2.22. The minimum absolute atomic E-state index is 0.00957. The van der Waals surface area contributed by atoms with Gasteiger partial charge in [0.1, 0.15) is 0 Å². The van der Waals surface area contributed by atoms with Crippen molar-refractivity contribution in [3.05, 3.63) is 48.2 Å². The molecule has 0 spiro atoms. The number of pyridine rings is 1. The van der Waals surface area contributed by atoms with Crippen molar-refractivity contribution >= 4 is 34.9 Å². The first-order chi connectivity index (χ1) is 14.5. The zero-order chi connectivity index (χ0) is 21.5. The number of nitrogens with one attached hydrogen (secondary N) is 2. The molecule has 0 atom stereocenters.